The molecule has 3 aromatic rings. The maximum atomic E-state index is 14.5. The molecule has 39 heavy (non-hydrogen) atoms. The molecule has 0 unspecified atom stereocenters. The summed E-state index contributed by atoms with van der Waals surface area (Å²) in [7, 11) is 1.52. The highest BCUT2D eigenvalue weighted by atomic mass is 35.5. The lowest BCUT2D eigenvalue weighted by Crippen LogP contribution is -2.36. The van der Waals surface area contributed by atoms with E-state index in [1.165, 1.54) is 19.5 Å². The van der Waals surface area contributed by atoms with Crippen molar-refractivity contribution in [3.8, 4) is 11.5 Å². The lowest BCUT2D eigenvalue weighted by molar-refractivity contribution is -0.125. The predicted molar refractivity (Wildman–Crippen MR) is 143 cm³/mol. The van der Waals surface area contributed by atoms with Gasteiger partial charge in [-0.25, -0.2) is 18.7 Å². The topological polar surface area (TPSA) is 89.1 Å². The number of aromatic nitrogens is 2. The minimum absolute atomic E-state index is 0.0358. The normalized spacial score (nSPS) is 18.2. The van der Waals surface area contributed by atoms with Crippen molar-refractivity contribution in [2.24, 2.45) is 0 Å². The van der Waals surface area contributed by atoms with E-state index in [-0.39, 0.29) is 23.5 Å². The van der Waals surface area contributed by atoms with Crippen LogP contribution in [0.25, 0.3) is 10.9 Å². The molecule has 2 fully saturated rings. The third-order valence-electron chi connectivity index (χ3n) is 6.69. The van der Waals surface area contributed by atoms with E-state index >= 15 is 0 Å². The minimum atomic E-state index is -0.928. The number of hydrogen-bond donors (Lipinski definition) is 1. The SMILES string of the molecule is COc1cc2ncnc(Nc3ccc(F)c(Cl)c3F)c2cc1O[C@H]1CCN(C(=O)C=CCN2CCOCC2)C1. The van der Waals surface area contributed by atoms with Crippen molar-refractivity contribution in [2.45, 2.75) is 12.5 Å². The molecule has 2 aromatic carbocycles. The molecular formula is C27H28ClF2N5O4. The average Bonchev–Trinajstić information content (AvgIpc) is 3.42. The summed E-state index contributed by atoms with van der Waals surface area (Å²) in [5, 5.41) is 2.78. The number of benzene rings is 2. The molecule has 0 spiro atoms. The molecule has 0 saturated carbocycles. The first-order chi connectivity index (χ1) is 18.9. The monoisotopic (exact) mass is 559 g/mol. The highest BCUT2D eigenvalue weighted by Gasteiger charge is 2.28. The van der Waals surface area contributed by atoms with Crippen molar-refractivity contribution in [1.82, 2.24) is 19.8 Å². The Morgan fingerprint density at radius 3 is 2.82 bits per heavy atom. The molecule has 2 aliphatic heterocycles. The molecular weight excluding hydrogens is 532 g/mol. The molecule has 9 nitrogen and oxygen atoms in total. The number of nitrogens with zero attached hydrogens (tertiary/aromatic N) is 4. The molecule has 1 aromatic heterocycles. The van der Waals surface area contributed by atoms with E-state index < -0.39 is 16.7 Å². The molecule has 1 N–H and O–H groups in total. The summed E-state index contributed by atoms with van der Waals surface area (Å²) in [6, 6.07) is 5.70. The van der Waals surface area contributed by atoms with Gasteiger partial charge in [0.2, 0.25) is 5.91 Å². The van der Waals surface area contributed by atoms with Gasteiger partial charge >= 0.3 is 0 Å². The van der Waals surface area contributed by atoms with Gasteiger partial charge in [0.1, 0.15) is 29.1 Å². The highest BCUT2D eigenvalue weighted by molar-refractivity contribution is 6.31. The van der Waals surface area contributed by atoms with E-state index in [0.717, 1.165) is 19.2 Å². The summed E-state index contributed by atoms with van der Waals surface area (Å²) < 4.78 is 45.3. The quantitative estimate of drug-likeness (QED) is 0.325. The molecule has 206 valence electrons. The van der Waals surface area contributed by atoms with E-state index in [2.05, 4.69) is 20.2 Å². The first kappa shape index (κ1) is 27.0. The third kappa shape index (κ3) is 6.21. The summed E-state index contributed by atoms with van der Waals surface area (Å²) in [5.74, 6) is -0.670. The minimum Gasteiger partial charge on any atom is -0.493 e. The molecule has 1 amide bonds. The van der Waals surface area contributed by atoms with Crippen molar-refractivity contribution in [2.75, 3.05) is 58.4 Å². The van der Waals surface area contributed by atoms with E-state index in [9.17, 15) is 13.6 Å². The second-order valence-electron chi connectivity index (χ2n) is 9.22. The number of amides is 1. The summed E-state index contributed by atoms with van der Waals surface area (Å²) in [6.07, 6.45) is 5.23. The summed E-state index contributed by atoms with van der Waals surface area (Å²) in [5.41, 5.74) is 0.491. The molecule has 5 rings (SSSR count). The number of methoxy groups -OCH3 is 1. The highest BCUT2D eigenvalue weighted by Crippen LogP contribution is 2.37. The van der Waals surface area contributed by atoms with Crippen LogP contribution in [0.1, 0.15) is 6.42 Å². The fraction of sp³-hybridized carbons (Fsp3) is 0.370. The Morgan fingerprint density at radius 1 is 1.21 bits per heavy atom. The molecule has 1 atom stereocenters. The lowest BCUT2D eigenvalue weighted by atomic mass is 10.2. The molecule has 0 radical (unpaired) electrons. The molecule has 0 aliphatic carbocycles. The van der Waals surface area contributed by atoms with Crippen molar-refractivity contribution >= 4 is 39.9 Å². The fourth-order valence-corrected chi connectivity index (χ4v) is 4.73. The smallest absolute Gasteiger partial charge is 0.246 e. The van der Waals surface area contributed by atoms with Crippen LogP contribution in [0, 0.1) is 11.6 Å². The third-order valence-corrected chi connectivity index (χ3v) is 7.03. The van der Waals surface area contributed by atoms with Gasteiger partial charge < -0.3 is 24.4 Å². The molecule has 2 aliphatic rings. The van der Waals surface area contributed by atoms with Crippen LogP contribution in [0.3, 0.4) is 0 Å². The Labute approximate surface area is 229 Å². The van der Waals surface area contributed by atoms with Crippen LogP contribution in [0.2, 0.25) is 5.02 Å². The summed E-state index contributed by atoms with van der Waals surface area (Å²) in [6.45, 7) is 4.86. The lowest BCUT2D eigenvalue weighted by Gasteiger charge is -2.25. The van der Waals surface area contributed by atoms with Gasteiger partial charge in [0, 0.05) is 50.1 Å². The Morgan fingerprint density at radius 2 is 2.03 bits per heavy atom. The number of rotatable bonds is 8. The van der Waals surface area contributed by atoms with Crippen LogP contribution in [0.5, 0.6) is 11.5 Å². The van der Waals surface area contributed by atoms with Crippen LogP contribution in [-0.4, -0.2) is 84.8 Å². The van der Waals surface area contributed by atoms with Gasteiger partial charge in [-0.2, -0.15) is 0 Å². The Hall–Kier alpha value is -3.54. The van der Waals surface area contributed by atoms with E-state index in [1.807, 2.05) is 6.08 Å². The van der Waals surface area contributed by atoms with Gasteiger partial charge in [0.05, 0.1) is 38.1 Å². The number of anilines is 2. The van der Waals surface area contributed by atoms with Gasteiger partial charge in [-0.05, 0) is 18.2 Å². The first-order valence-electron chi connectivity index (χ1n) is 12.6. The predicted octanol–water partition coefficient (Wildman–Crippen LogP) is 4.18. The number of fused-ring (bicyclic) bond motifs is 1. The van der Waals surface area contributed by atoms with Crippen molar-refractivity contribution in [3.05, 3.63) is 59.4 Å². The molecule has 2 saturated heterocycles. The number of hydrogen-bond acceptors (Lipinski definition) is 8. The van der Waals surface area contributed by atoms with Crippen molar-refractivity contribution in [1.29, 1.82) is 0 Å². The second kappa shape index (κ2) is 12.1. The van der Waals surface area contributed by atoms with Crippen LogP contribution < -0.4 is 14.8 Å². The van der Waals surface area contributed by atoms with Crippen molar-refractivity contribution < 1.29 is 27.8 Å². The van der Waals surface area contributed by atoms with Crippen LogP contribution >= 0.6 is 11.6 Å². The van der Waals surface area contributed by atoms with Gasteiger partial charge in [-0.15, -0.1) is 0 Å². The second-order valence-corrected chi connectivity index (χ2v) is 9.60. The average molecular weight is 560 g/mol. The number of carbonyl (C=O) groups is 1. The van der Waals surface area contributed by atoms with Gasteiger partial charge in [0.25, 0.3) is 0 Å². The Bertz CT molecular complexity index is 1390. The van der Waals surface area contributed by atoms with E-state index in [4.69, 9.17) is 25.8 Å². The molecule has 3 heterocycles. The fourth-order valence-electron chi connectivity index (χ4n) is 4.56. The number of ether oxygens (including phenoxy) is 3. The zero-order valence-corrected chi connectivity index (χ0v) is 22.1. The standard InChI is InChI=1S/C27H28ClF2N5O4/c1-37-22-14-21-18(27(32-16-31-21)33-20-5-4-19(29)25(28)26(20)30)13-23(22)39-17-6-8-35(15-17)24(36)3-2-7-34-9-11-38-12-10-34/h2-5,13-14,16-17H,6-12,15H2,1H3,(H,31,32,33)/t17-/m0/s1. The molecule has 12 heteroatoms. The summed E-state index contributed by atoms with van der Waals surface area (Å²) in [4.78, 5) is 25.2. The zero-order valence-electron chi connectivity index (χ0n) is 21.3. The number of halogens is 3. The zero-order chi connectivity index (χ0) is 27.4. The van der Waals surface area contributed by atoms with Crippen LogP contribution in [-0.2, 0) is 9.53 Å². The van der Waals surface area contributed by atoms with Gasteiger partial charge in [0.15, 0.2) is 17.3 Å². The van der Waals surface area contributed by atoms with E-state index in [0.29, 0.717) is 61.7 Å². The Kier molecular flexibility index (Phi) is 8.39. The van der Waals surface area contributed by atoms with Gasteiger partial charge in [-0.1, -0.05) is 17.7 Å². The largest absolute Gasteiger partial charge is 0.493 e. The van der Waals surface area contributed by atoms with E-state index in [1.54, 1.807) is 23.1 Å². The number of carbonyl (C=O) groups excluding carboxylic acids is 1. The van der Waals surface area contributed by atoms with Crippen LogP contribution in [0.15, 0.2) is 42.7 Å². The van der Waals surface area contributed by atoms with Crippen LogP contribution in [0.4, 0.5) is 20.3 Å². The van der Waals surface area contributed by atoms with Gasteiger partial charge in [-0.3, -0.25) is 9.69 Å². The Balaban J connectivity index is 1.29. The van der Waals surface area contributed by atoms with Crippen molar-refractivity contribution in [3.63, 3.8) is 0 Å². The number of morpholine rings is 1. The number of likely N-dealkylation sites (tertiary alicyclic amines) is 1. The first-order valence-corrected chi connectivity index (χ1v) is 13.0. The summed E-state index contributed by atoms with van der Waals surface area (Å²) >= 11 is 5.73. The number of nitrogens with one attached hydrogen (secondary N) is 1. The maximum Gasteiger partial charge on any atom is 0.246 e. The maximum absolute atomic E-state index is 14.5. The molecule has 0 bridgehead atoms.